The average Bonchev–Trinajstić information content (AvgIpc) is 2.96. The number of para-hydroxylation sites is 1. The van der Waals surface area contributed by atoms with E-state index in [1.165, 1.54) is 4.90 Å². The highest BCUT2D eigenvalue weighted by molar-refractivity contribution is 6.07. The fraction of sp³-hybridized carbons (Fsp3) is 0.125. The Morgan fingerprint density at radius 2 is 1.38 bits per heavy atom. The fourth-order valence-electron chi connectivity index (χ4n) is 4.74. The lowest BCUT2D eigenvalue weighted by Gasteiger charge is -2.23. The summed E-state index contributed by atoms with van der Waals surface area (Å²) in [6, 6.07) is 36.7. The van der Waals surface area contributed by atoms with Crippen LogP contribution in [0.5, 0.6) is 0 Å². The lowest BCUT2D eigenvalue weighted by atomic mass is 9.91. The Kier molecular flexibility index (Phi) is 6.97. The summed E-state index contributed by atoms with van der Waals surface area (Å²) in [4.78, 5) is 29.0. The van der Waals surface area contributed by atoms with Crippen molar-refractivity contribution in [1.29, 1.82) is 0 Å². The fourth-order valence-corrected chi connectivity index (χ4v) is 4.74. The molecule has 5 nitrogen and oxygen atoms in total. The molecule has 0 saturated carbocycles. The van der Waals surface area contributed by atoms with Gasteiger partial charge in [0, 0.05) is 25.2 Å². The van der Waals surface area contributed by atoms with Crippen LogP contribution in [0.15, 0.2) is 120 Å². The number of amides is 1. The highest BCUT2D eigenvalue weighted by Gasteiger charge is 2.23. The third kappa shape index (κ3) is 4.95. The lowest BCUT2D eigenvalue weighted by molar-refractivity contribution is 0.0991. The van der Waals surface area contributed by atoms with Crippen molar-refractivity contribution in [2.45, 2.75) is 19.1 Å². The van der Waals surface area contributed by atoms with Crippen molar-refractivity contribution in [1.82, 2.24) is 4.57 Å². The minimum Gasteiger partial charge on any atom is -0.392 e. The molecule has 5 heteroatoms. The summed E-state index contributed by atoms with van der Waals surface area (Å²) < 4.78 is 1.73. The molecule has 5 aromatic rings. The number of carbonyl (C=O) groups is 1. The van der Waals surface area contributed by atoms with Crippen LogP contribution in [0.4, 0.5) is 5.69 Å². The molecule has 184 valence electrons. The normalized spacial score (nSPS) is 11.1. The quantitative estimate of drug-likeness (QED) is 0.324. The number of aliphatic hydroxyl groups excluding tert-OH is 1. The van der Waals surface area contributed by atoms with Gasteiger partial charge in [-0.1, -0.05) is 91.0 Å². The van der Waals surface area contributed by atoms with Gasteiger partial charge in [0.25, 0.3) is 11.5 Å². The second-order valence-electron chi connectivity index (χ2n) is 9.10. The summed E-state index contributed by atoms with van der Waals surface area (Å²) in [5.41, 5.74) is 4.19. The van der Waals surface area contributed by atoms with E-state index in [1.807, 2.05) is 60.7 Å². The molecular formula is C32H28N2O3. The Morgan fingerprint density at radius 3 is 1.97 bits per heavy atom. The summed E-state index contributed by atoms with van der Waals surface area (Å²) in [5, 5.41) is 10.2. The molecule has 0 bridgehead atoms. The second-order valence-corrected chi connectivity index (χ2v) is 9.10. The largest absolute Gasteiger partial charge is 0.392 e. The van der Waals surface area contributed by atoms with Gasteiger partial charge in [-0.2, -0.15) is 0 Å². The Labute approximate surface area is 215 Å². The van der Waals surface area contributed by atoms with E-state index in [-0.39, 0.29) is 29.6 Å². The second kappa shape index (κ2) is 10.6. The van der Waals surface area contributed by atoms with E-state index >= 15 is 0 Å². The third-order valence-electron chi connectivity index (χ3n) is 6.81. The summed E-state index contributed by atoms with van der Waals surface area (Å²) in [5.74, 6) is -0.449. The maximum absolute atomic E-state index is 13.9. The van der Waals surface area contributed by atoms with Gasteiger partial charge in [0.2, 0.25) is 0 Å². The van der Waals surface area contributed by atoms with Crippen LogP contribution in [-0.2, 0) is 13.2 Å². The minimum absolute atomic E-state index is 0.0717. The predicted octanol–water partition coefficient (Wildman–Crippen LogP) is 5.60. The smallest absolute Gasteiger partial charge is 0.263 e. The Balaban J connectivity index is 1.61. The first kappa shape index (κ1) is 24.2. The van der Waals surface area contributed by atoms with Gasteiger partial charge in [-0.25, -0.2) is 0 Å². The standard InChI is InChI=1S/C32H28N2O3/c1-33(27-18-16-23(22-35)17-19-27)31(36)28-20-26-14-8-9-15-30(26)34(32(28)37)21-29(24-10-4-2-5-11-24)25-12-6-3-7-13-25/h2-20,29,35H,21-22H2,1H3. The molecule has 0 aliphatic heterocycles. The number of aromatic nitrogens is 1. The van der Waals surface area contributed by atoms with E-state index in [4.69, 9.17) is 0 Å². The van der Waals surface area contributed by atoms with Crippen LogP contribution in [0.3, 0.4) is 0 Å². The highest BCUT2D eigenvalue weighted by atomic mass is 16.3. The monoisotopic (exact) mass is 488 g/mol. The first-order chi connectivity index (χ1) is 18.1. The number of fused-ring (bicyclic) bond motifs is 1. The van der Waals surface area contributed by atoms with Crippen LogP contribution in [0.25, 0.3) is 10.9 Å². The van der Waals surface area contributed by atoms with Crippen molar-refractivity contribution >= 4 is 22.5 Å². The molecule has 5 rings (SSSR count). The van der Waals surface area contributed by atoms with Crippen molar-refractivity contribution in [3.63, 3.8) is 0 Å². The maximum atomic E-state index is 13.9. The van der Waals surface area contributed by atoms with Crippen molar-refractivity contribution in [2.24, 2.45) is 0 Å². The highest BCUT2D eigenvalue weighted by Crippen LogP contribution is 2.28. The zero-order valence-electron chi connectivity index (χ0n) is 20.6. The molecule has 0 fully saturated rings. The number of rotatable bonds is 7. The number of carbonyl (C=O) groups excluding carboxylic acids is 1. The van der Waals surface area contributed by atoms with Crippen LogP contribution in [-0.4, -0.2) is 22.6 Å². The number of aliphatic hydroxyl groups is 1. The van der Waals surface area contributed by atoms with Crippen LogP contribution in [0.2, 0.25) is 0 Å². The summed E-state index contributed by atoms with van der Waals surface area (Å²) in [6.07, 6.45) is 0. The van der Waals surface area contributed by atoms with Gasteiger partial charge in [0.1, 0.15) is 5.56 Å². The number of benzene rings is 4. The van der Waals surface area contributed by atoms with Crippen LogP contribution < -0.4 is 10.5 Å². The van der Waals surface area contributed by atoms with Gasteiger partial charge >= 0.3 is 0 Å². The minimum atomic E-state index is -0.378. The number of hydrogen-bond donors (Lipinski definition) is 1. The lowest BCUT2D eigenvalue weighted by Crippen LogP contribution is -2.35. The zero-order chi connectivity index (χ0) is 25.8. The summed E-state index contributed by atoms with van der Waals surface area (Å²) in [7, 11) is 1.66. The molecule has 0 saturated heterocycles. The molecular weight excluding hydrogens is 460 g/mol. The van der Waals surface area contributed by atoms with E-state index in [2.05, 4.69) is 24.3 Å². The number of pyridine rings is 1. The molecule has 1 heterocycles. The van der Waals surface area contributed by atoms with Gasteiger partial charge < -0.3 is 14.6 Å². The van der Waals surface area contributed by atoms with E-state index < -0.39 is 0 Å². The summed E-state index contributed by atoms with van der Waals surface area (Å²) in [6.45, 7) is 0.320. The Hall–Kier alpha value is -4.48. The molecule has 0 unspecified atom stereocenters. The van der Waals surface area contributed by atoms with Crippen molar-refractivity contribution in [3.8, 4) is 0 Å². The van der Waals surface area contributed by atoms with Gasteiger partial charge in [-0.3, -0.25) is 9.59 Å². The molecule has 0 aliphatic carbocycles. The molecule has 0 atom stereocenters. The predicted molar refractivity (Wildman–Crippen MR) is 148 cm³/mol. The molecule has 1 amide bonds. The van der Waals surface area contributed by atoms with Gasteiger partial charge in [-0.15, -0.1) is 0 Å². The Morgan fingerprint density at radius 1 is 0.811 bits per heavy atom. The van der Waals surface area contributed by atoms with Crippen molar-refractivity contribution in [2.75, 3.05) is 11.9 Å². The SMILES string of the molecule is CN(C(=O)c1cc2ccccc2n(CC(c2ccccc2)c2ccccc2)c1=O)c1ccc(CO)cc1. The number of nitrogens with zero attached hydrogens (tertiary/aromatic N) is 2. The maximum Gasteiger partial charge on any atom is 0.263 e. The molecule has 0 spiro atoms. The Bertz CT molecular complexity index is 1540. The van der Waals surface area contributed by atoms with E-state index in [0.29, 0.717) is 12.2 Å². The van der Waals surface area contributed by atoms with E-state index in [1.54, 1.807) is 41.9 Å². The molecule has 37 heavy (non-hydrogen) atoms. The molecule has 1 aromatic heterocycles. The molecule has 0 aliphatic rings. The van der Waals surface area contributed by atoms with Crippen LogP contribution in [0, 0.1) is 0 Å². The van der Waals surface area contributed by atoms with Crippen LogP contribution >= 0.6 is 0 Å². The molecule has 4 aromatic carbocycles. The third-order valence-corrected chi connectivity index (χ3v) is 6.81. The van der Waals surface area contributed by atoms with Crippen molar-refractivity contribution < 1.29 is 9.90 Å². The summed E-state index contributed by atoms with van der Waals surface area (Å²) >= 11 is 0. The van der Waals surface area contributed by atoms with Gasteiger partial charge in [-0.05, 0) is 46.3 Å². The van der Waals surface area contributed by atoms with Crippen molar-refractivity contribution in [3.05, 3.63) is 148 Å². The number of hydrogen-bond acceptors (Lipinski definition) is 3. The van der Waals surface area contributed by atoms with Gasteiger partial charge in [0.05, 0.1) is 12.1 Å². The zero-order valence-corrected chi connectivity index (χ0v) is 20.6. The molecule has 0 radical (unpaired) electrons. The first-order valence-corrected chi connectivity index (χ1v) is 12.3. The van der Waals surface area contributed by atoms with E-state index in [0.717, 1.165) is 27.6 Å². The average molecular weight is 489 g/mol. The number of anilines is 1. The molecule has 1 N–H and O–H groups in total. The van der Waals surface area contributed by atoms with Crippen LogP contribution in [0.1, 0.15) is 33.0 Å². The van der Waals surface area contributed by atoms with Gasteiger partial charge in [0.15, 0.2) is 0 Å². The van der Waals surface area contributed by atoms with E-state index in [9.17, 15) is 14.7 Å². The topological polar surface area (TPSA) is 62.5 Å². The first-order valence-electron chi connectivity index (χ1n) is 12.3.